The molecule has 0 atom stereocenters. The number of hydrazine groups is 1. The van der Waals surface area contributed by atoms with Gasteiger partial charge < -0.3 is 11.1 Å². The molecule has 13 heteroatoms. The van der Waals surface area contributed by atoms with Crippen molar-refractivity contribution in [2.75, 3.05) is 16.5 Å². The number of rotatable bonds is 6. The number of nitrogens with two attached hydrogens (primary N) is 1. The van der Waals surface area contributed by atoms with Gasteiger partial charge in [0.1, 0.15) is 12.0 Å². The van der Waals surface area contributed by atoms with Gasteiger partial charge in [-0.2, -0.15) is 13.2 Å². The number of sulfonamides is 1. The Balaban J connectivity index is 1.80. The Morgan fingerprint density at radius 1 is 1.03 bits per heavy atom. The van der Waals surface area contributed by atoms with E-state index in [2.05, 4.69) is 25.5 Å². The van der Waals surface area contributed by atoms with Crippen LogP contribution in [-0.2, 0) is 16.2 Å². The summed E-state index contributed by atoms with van der Waals surface area (Å²) in [6.45, 7) is 1.82. The first-order valence-electron chi connectivity index (χ1n) is 8.56. The molecule has 1 aromatic heterocycles. The van der Waals surface area contributed by atoms with Crippen molar-refractivity contribution in [1.29, 1.82) is 0 Å². The zero-order valence-corrected chi connectivity index (χ0v) is 17.4. The van der Waals surface area contributed by atoms with Crippen molar-refractivity contribution in [3.63, 3.8) is 0 Å². The molecule has 5 N–H and O–H groups in total. The topological polar surface area (TPSA) is 122 Å². The largest absolute Gasteiger partial charge is 0.417 e. The lowest BCUT2D eigenvalue weighted by molar-refractivity contribution is -0.137. The molecule has 0 unspecified atom stereocenters. The van der Waals surface area contributed by atoms with Crippen LogP contribution < -0.4 is 21.3 Å². The lowest BCUT2D eigenvalue weighted by Crippen LogP contribution is -2.30. The highest BCUT2D eigenvalue weighted by atomic mass is 35.5. The van der Waals surface area contributed by atoms with Gasteiger partial charge in [-0.15, -0.1) is 4.83 Å². The van der Waals surface area contributed by atoms with Crippen LogP contribution in [0.4, 0.5) is 36.2 Å². The zero-order valence-electron chi connectivity index (χ0n) is 15.8. The highest BCUT2D eigenvalue weighted by Gasteiger charge is 2.33. The minimum absolute atomic E-state index is 0.0115. The van der Waals surface area contributed by atoms with E-state index in [9.17, 15) is 21.6 Å². The first-order valence-corrected chi connectivity index (χ1v) is 10.4. The summed E-state index contributed by atoms with van der Waals surface area (Å²) in [5.41, 5.74) is 8.07. The Hall–Kier alpha value is -3.09. The fourth-order valence-corrected chi connectivity index (χ4v) is 3.51. The number of alkyl halides is 3. The molecule has 0 aliphatic rings. The Kier molecular flexibility index (Phi) is 6.25. The second kappa shape index (κ2) is 8.57. The van der Waals surface area contributed by atoms with Gasteiger partial charge in [0.25, 0.3) is 10.0 Å². The van der Waals surface area contributed by atoms with Gasteiger partial charge in [-0.1, -0.05) is 29.3 Å². The molecule has 0 amide bonds. The molecular formula is C18H16ClF3N6O2S. The molecule has 2 aromatic carbocycles. The summed E-state index contributed by atoms with van der Waals surface area (Å²) in [5, 5.41) is 2.18. The maximum Gasteiger partial charge on any atom is 0.417 e. The smallest absolute Gasteiger partial charge is 0.393 e. The minimum Gasteiger partial charge on any atom is -0.393 e. The summed E-state index contributed by atoms with van der Waals surface area (Å²) in [6.07, 6.45) is -3.59. The van der Waals surface area contributed by atoms with Crippen molar-refractivity contribution in [1.82, 2.24) is 14.8 Å². The number of hydrogen-bond donors (Lipinski definition) is 4. The van der Waals surface area contributed by atoms with Crippen LogP contribution in [0.25, 0.3) is 0 Å². The lowest BCUT2D eigenvalue weighted by Gasteiger charge is -2.15. The fraction of sp³-hybridized carbons (Fsp3) is 0.111. The SMILES string of the molecule is Cc1ccc(S(=O)(=O)NNc2ncnc(Nc3ccc(Cl)c(C(F)(F)F)c3)c2N)cc1. The molecule has 1 heterocycles. The minimum atomic E-state index is -4.65. The van der Waals surface area contributed by atoms with E-state index in [0.717, 1.165) is 24.0 Å². The average molecular weight is 473 g/mol. The van der Waals surface area contributed by atoms with Crippen molar-refractivity contribution in [3.05, 3.63) is 64.9 Å². The van der Waals surface area contributed by atoms with Gasteiger partial charge in [0.15, 0.2) is 11.6 Å². The molecule has 0 fully saturated rings. The highest BCUT2D eigenvalue weighted by molar-refractivity contribution is 7.89. The molecule has 0 bridgehead atoms. The maximum absolute atomic E-state index is 13.0. The van der Waals surface area contributed by atoms with Gasteiger partial charge in [-0.05, 0) is 37.3 Å². The molecule has 8 nitrogen and oxygen atoms in total. The van der Waals surface area contributed by atoms with E-state index in [0.29, 0.717) is 0 Å². The summed E-state index contributed by atoms with van der Waals surface area (Å²) in [4.78, 5) is 9.88. The highest BCUT2D eigenvalue weighted by Crippen LogP contribution is 2.37. The van der Waals surface area contributed by atoms with E-state index in [1.807, 2.05) is 6.92 Å². The summed E-state index contributed by atoms with van der Waals surface area (Å²) in [5.74, 6) is -0.138. The predicted molar refractivity (Wildman–Crippen MR) is 111 cm³/mol. The Labute approximate surface area is 180 Å². The average Bonchev–Trinajstić information content (AvgIpc) is 2.69. The molecule has 0 aliphatic carbocycles. The fourth-order valence-electron chi connectivity index (χ4n) is 2.44. The van der Waals surface area contributed by atoms with E-state index < -0.39 is 26.8 Å². The summed E-state index contributed by atoms with van der Waals surface area (Å²) >= 11 is 5.61. The van der Waals surface area contributed by atoms with Crippen LogP contribution in [0, 0.1) is 6.92 Å². The maximum atomic E-state index is 13.0. The number of halogens is 4. The van der Waals surface area contributed by atoms with Crippen molar-refractivity contribution < 1.29 is 21.6 Å². The van der Waals surface area contributed by atoms with Gasteiger partial charge in [-0.25, -0.2) is 18.4 Å². The van der Waals surface area contributed by atoms with Crippen molar-refractivity contribution in [2.45, 2.75) is 18.0 Å². The third kappa shape index (κ3) is 5.34. The molecule has 0 saturated heterocycles. The number of hydrogen-bond acceptors (Lipinski definition) is 7. The molecular weight excluding hydrogens is 457 g/mol. The summed E-state index contributed by atoms with van der Waals surface area (Å²) in [7, 11) is -3.93. The third-order valence-corrected chi connectivity index (χ3v) is 5.65. The first-order chi connectivity index (χ1) is 14.5. The number of nitrogen functional groups attached to an aromatic ring is 1. The van der Waals surface area contributed by atoms with Gasteiger partial charge in [0.2, 0.25) is 0 Å². The van der Waals surface area contributed by atoms with E-state index in [1.165, 1.54) is 18.2 Å². The Morgan fingerprint density at radius 3 is 2.32 bits per heavy atom. The van der Waals surface area contributed by atoms with Gasteiger partial charge in [-0.3, -0.25) is 5.43 Å². The second-order valence-corrected chi connectivity index (χ2v) is 8.44. The quantitative estimate of drug-likeness (QED) is 0.398. The summed E-state index contributed by atoms with van der Waals surface area (Å²) < 4.78 is 63.9. The first kappa shape index (κ1) is 22.6. The molecule has 164 valence electrons. The molecule has 0 spiro atoms. The predicted octanol–water partition coefficient (Wildman–Crippen LogP) is 4.09. The third-order valence-electron chi connectivity index (χ3n) is 4.05. The van der Waals surface area contributed by atoms with Gasteiger partial charge in [0.05, 0.1) is 15.5 Å². The standard InChI is InChI=1S/C18H16ClF3N6O2S/c1-10-2-5-12(6-3-10)31(29,30)28-27-17-15(23)16(24-9-25-17)26-11-4-7-14(19)13(8-11)18(20,21)22/h2-9,28H,23H2,1H3,(H2,24,25,26,27). The van der Waals surface area contributed by atoms with Gasteiger partial charge in [0, 0.05) is 5.69 Å². The normalized spacial score (nSPS) is 11.9. The zero-order chi connectivity index (χ0) is 22.8. The number of anilines is 4. The van der Waals surface area contributed by atoms with Crippen LogP contribution in [-0.4, -0.2) is 18.4 Å². The molecule has 3 rings (SSSR count). The molecule has 0 saturated carbocycles. The molecule has 31 heavy (non-hydrogen) atoms. The van der Waals surface area contributed by atoms with Crippen molar-refractivity contribution in [3.8, 4) is 0 Å². The monoisotopic (exact) mass is 472 g/mol. The number of aryl methyl sites for hydroxylation is 1. The van der Waals surface area contributed by atoms with E-state index >= 15 is 0 Å². The number of nitrogens with zero attached hydrogens (tertiary/aromatic N) is 2. The Bertz CT molecular complexity index is 1200. The van der Waals surface area contributed by atoms with Crippen molar-refractivity contribution in [2.24, 2.45) is 0 Å². The van der Waals surface area contributed by atoms with Gasteiger partial charge >= 0.3 is 6.18 Å². The molecule has 3 aromatic rings. The van der Waals surface area contributed by atoms with E-state index in [4.69, 9.17) is 17.3 Å². The van der Waals surface area contributed by atoms with Crippen LogP contribution in [0.1, 0.15) is 11.1 Å². The van der Waals surface area contributed by atoms with Crippen LogP contribution in [0.15, 0.2) is 53.7 Å². The van der Waals surface area contributed by atoms with Crippen LogP contribution in [0.5, 0.6) is 0 Å². The second-order valence-electron chi connectivity index (χ2n) is 6.35. The van der Waals surface area contributed by atoms with Crippen LogP contribution >= 0.6 is 11.6 Å². The lowest BCUT2D eigenvalue weighted by atomic mass is 10.2. The van der Waals surface area contributed by atoms with E-state index in [-0.39, 0.29) is 27.9 Å². The van der Waals surface area contributed by atoms with Crippen molar-refractivity contribution >= 4 is 44.6 Å². The summed E-state index contributed by atoms with van der Waals surface area (Å²) in [6, 6.07) is 9.32. The number of benzene rings is 2. The molecule has 0 aliphatic heterocycles. The van der Waals surface area contributed by atoms with Crippen LogP contribution in [0.2, 0.25) is 5.02 Å². The van der Waals surface area contributed by atoms with E-state index in [1.54, 1.807) is 12.1 Å². The Morgan fingerprint density at radius 2 is 1.68 bits per heavy atom. The van der Waals surface area contributed by atoms with Crippen LogP contribution in [0.3, 0.4) is 0 Å². The molecule has 0 radical (unpaired) electrons. The number of nitrogens with one attached hydrogen (secondary N) is 3. The number of aromatic nitrogens is 2.